The Hall–Kier alpha value is -0.890. The van der Waals surface area contributed by atoms with Gasteiger partial charge in [0.2, 0.25) is 11.8 Å². The molecule has 2 amide bonds. The van der Waals surface area contributed by atoms with Crippen molar-refractivity contribution in [3.63, 3.8) is 0 Å². The fraction of sp³-hybridized carbons (Fsp3) is 0.727. The minimum absolute atomic E-state index is 0.0703. The highest BCUT2D eigenvalue weighted by Crippen LogP contribution is 2.23. The van der Waals surface area contributed by atoms with Crippen LogP contribution in [0.2, 0.25) is 0 Å². The molecule has 3 N–H and O–H groups in total. The Bertz CT molecular complexity index is 326. The van der Waals surface area contributed by atoms with Crippen molar-refractivity contribution in [3.05, 3.63) is 0 Å². The number of hydrogen-bond donors (Lipinski definition) is 3. The number of nitrogens with one attached hydrogen (secondary N) is 2. The Morgan fingerprint density at radius 3 is 2.00 bits per heavy atom. The maximum atomic E-state index is 10.9. The van der Waals surface area contributed by atoms with E-state index >= 15 is 0 Å². The van der Waals surface area contributed by atoms with Crippen LogP contribution in [0.4, 0.5) is 0 Å². The summed E-state index contributed by atoms with van der Waals surface area (Å²) in [5.41, 5.74) is 0. The summed E-state index contributed by atoms with van der Waals surface area (Å²) in [6.45, 7) is 4.73. The van der Waals surface area contributed by atoms with E-state index in [2.05, 4.69) is 10.6 Å². The van der Waals surface area contributed by atoms with Crippen molar-refractivity contribution >= 4 is 39.4 Å². The van der Waals surface area contributed by atoms with Gasteiger partial charge in [0, 0.05) is 31.4 Å². The molecule has 0 aromatic heterocycles. The average Bonchev–Trinajstić information content (AvgIpc) is 2.30. The fourth-order valence-electron chi connectivity index (χ4n) is 1.22. The van der Waals surface area contributed by atoms with Gasteiger partial charge < -0.3 is 15.7 Å². The van der Waals surface area contributed by atoms with E-state index in [1.807, 2.05) is 6.92 Å². The quantitative estimate of drug-likeness (QED) is 0.432. The number of rotatable bonds is 9. The van der Waals surface area contributed by atoms with Gasteiger partial charge in [-0.2, -0.15) is 0 Å². The molecule has 6 nitrogen and oxygen atoms in total. The third kappa shape index (κ3) is 9.66. The van der Waals surface area contributed by atoms with Gasteiger partial charge >= 0.3 is 5.97 Å². The highest BCUT2D eigenvalue weighted by molar-refractivity contribution is 8.76. The zero-order valence-electron chi connectivity index (χ0n) is 11.3. The molecule has 0 aliphatic rings. The van der Waals surface area contributed by atoms with Crippen LogP contribution in [-0.2, 0) is 14.4 Å². The van der Waals surface area contributed by atoms with Crippen LogP contribution in [0.15, 0.2) is 0 Å². The normalized spacial score (nSPS) is 13.4. The first-order valence-electron chi connectivity index (χ1n) is 5.88. The number of hydrogen-bond acceptors (Lipinski definition) is 5. The van der Waals surface area contributed by atoms with Crippen molar-refractivity contribution in [1.82, 2.24) is 10.6 Å². The smallest absolute Gasteiger partial charge is 0.327 e. The maximum Gasteiger partial charge on any atom is 0.327 e. The molecule has 0 radical (unpaired) electrons. The zero-order chi connectivity index (χ0) is 14.8. The van der Waals surface area contributed by atoms with Crippen molar-refractivity contribution in [2.24, 2.45) is 0 Å². The summed E-state index contributed by atoms with van der Waals surface area (Å²) in [7, 11) is 2.86. The average molecular weight is 308 g/mol. The Morgan fingerprint density at radius 2 is 1.58 bits per heavy atom. The third-order valence-corrected chi connectivity index (χ3v) is 4.65. The van der Waals surface area contributed by atoms with E-state index in [0.717, 1.165) is 6.42 Å². The van der Waals surface area contributed by atoms with Crippen LogP contribution in [0.5, 0.6) is 0 Å². The predicted octanol–water partition coefficient (Wildman–Crippen LogP) is 0.872. The third-order valence-electron chi connectivity index (χ3n) is 2.16. The van der Waals surface area contributed by atoms with Gasteiger partial charge in [0.15, 0.2) is 0 Å². The predicted molar refractivity (Wildman–Crippen MR) is 78.1 cm³/mol. The summed E-state index contributed by atoms with van der Waals surface area (Å²) in [4.78, 5) is 32.6. The second-order valence-corrected chi connectivity index (χ2v) is 6.52. The molecule has 0 bridgehead atoms. The molecule has 0 aliphatic heterocycles. The zero-order valence-corrected chi connectivity index (χ0v) is 12.9. The summed E-state index contributed by atoms with van der Waals surface area (Å²) in [5.74, 6) is -0.484. The number of carboxylic acids is 1. The van der Waals surface area contributed by atoms with Gasteiger partial charge in [0.25, 0.3) is 0 Å². The highest BCUT2D eigenvalue weighted by atomic mass is 33.1. The van der Waals surface area contributed by atoms with E-state index in [1.165, 1.54) is 35.4 Å². The summed E-state index contributed by atoms with van der Waals surface area (Å²) in [6, 6.07) is -0.796. The van der Waals surface area contributed by atoms with Crippen LogP contribution in [-0.4, -0.2) is 46.5 Å². The molecule has 0 spiro atoms. The molecule has 19 heavy (non-hydrogen) atoms. The SMILES string of the molecule is CC[C@H](CSSC[C@H](NC(C)=O)C(=O)O)NC(C)=O. The molecular formula is C11H20N2O4S2. The molecule has 0 aliphatic carbocycles. The van der Waals surface area contributed by atoms with Gasteiger partial charge in [0.05, 0.1) is 0 Å². The molecule has 110 valence electrons. The molecule has 0 fully saturated rings. The number of carboxylic acid groups (broad SMARTS) is 1. The molecule has 8 heteroatoms. The summed E-state index contributed by atoms with van der Waals surface area (Å²) in [6.07, 6.45) is 0.821. The largest absolute Gasteiger partial charge is 0.480 e. The van der Waals surface area contributed by atoms with Crippen LogP contribution in [0.3, 0.4) is 0 Å². The van der Waals surface area contributed by atoms with Crippen molar-refractivity contribution < 1.29 is 19.5 Å². The number of carbonyl (C=O) groups excluding carboxylic acids is 2. The Kier molecular flexibility index (Phi) is 9.50. The van der Waals surface area contributed by atoms with E-state index in [-0.39, 0.29) is 23.6 Å². The van der Waals surface area contributed by atoms with Crippen molar-refractivity contribution in [2.45, 2.75) is 39.3 Å². The topological polar surface area (TPSA) is 95.5 Å². The molecule has 0 unspecified atom stereocenters. The van der Waals surface area contributed by atoms with Gasteiger partial charge in [-0.1, -0.05) is 28.5 Å². The van der Waals surface area contributed by atoms with E-state index in [0.29, 0.717) is 5.75 Å². The maximum absolute atomic E-state index is 10.9. The Labute approximate surface area is 120 Å². The first kappa shape index (κ1) is 18.1. The fourth-order valence-corrected chi connectivity index (χ4v) is 3.73. The minimum Gasteiger partial charge on any atom is -0.480 e. The minimum atomic E-state index is -1.04. The van der Waals surface area contributed by atoms with Crippen molar-refractivity contribution in [2.75, 3.05) is 11.5 Å². The van der Waals surface area contributed by atoms with E-state index < -0.39 is 12.0 Å². The first-order chi connectivity index (χ1) is 8.86. The Balaban J connectivity index is 3.95. The van der Waals surface area contributed by atoms with Crippen LogP contribution in [0.25, 0.3) is 0 Å². The van der Waals surface area contributed by atoms with Gasteiger partial charge in [-0.25, -0.2) is 4.79 Å². The standard InChI is InChI=1S/C11H20N2O4S2/c1-4-9(12-7(2)14)5-18-19-6-10(11(16)17)13-8(3)15/h9-10H,4-6H2,1-3H3,(H,12,14)(H,13,15)(H,16,17)/t9-,10+/m1/s1. The molecule has 0 aromatic carbocycles. The summed E-state index contributed by atoms with van der Waals surface area (Å²) >= 11 is 0. The van der Waals surface area contributed by atoms with Gasteiger partial charge in [-0.3, -0.25) is 9.59 Å². The summed E-state index contributed by atoms with van der Waals surface area (Å²) < 4.78 is 0. The monoisotopic (exact) mass is 308 g/mol. The highest BCUT2D eigenvalue weighted by Gasteiger charge is 2.18. The lowest BCUT2D eigenvalue weighted by molar-refractivity contribution is -0.140. The molecule has 0 saturated heterocycles. The number of amides is 2. The van der Waals surface area contributed by atoms with Gasteiger partial charge in [-0.15, -0.1) is 0 Å². The van der Waals surface area contributed by atoms with Gasteiger partial charge in [-0.05, 0) is 6.42 Å². The van der Waals surface area contributed by atoms with E-state index in [4.69, 9.17) is 5.11 Å². The lowest BCUT2D eigenvalue weighted by Crippen LogP contribution is -2.41. The molecular weight excluding hydrogens is 288 g/mol. The van der Waals surface area contributed by atoms with Gasteiger partial charge in [0.1, 0.15) is 6.04 Å². The second-order valence-electron chi connectivity index (χ2n) is 3.97. The second kappa shape index (κ2) is 9.96. The van der Waals surface area contributed by atoms with Crippen LogP contribution >= 0.6 is 21.6 Å². The van der Waals surface area contributed by atoms with Crippen molar-refractivity contribution in [3.8, 4) is 0 Å². The lowest BCUT2D eigenvalue weighted by Gasteiger charge is -2.16. The van der Waals surface area contributed by atoms with E-state index in [1.54, 1.807) is 0 Å². The van der Waals surface area contributed by atoms with Crippen LogP contribution in [0.1, 0.15) is 27.2 Å². The molecule has 2 atom stereocenters. The molecule has 0 saturated carbocycles. The van der Waals surface area contributed by atoms with Crippen molar-refractivity contribution in [1.29, 1.82) is 0 Å². The Morgan fingerprint density at radius 1 is 1.05 bits per heavy atom. The van der Waals surface area contributed by atoms with E-state index in [9.17, 15) is 14.4 Å². The molecule has 0 aromatic rings. The first-order valence-corrected chi connectivity index (χ1v) is 8.37. The summed E-state index contributed by atoms with van der Waals surface area (Å²) in [5, 5.41) is 14.1. The number of carbonyl (C=O) groups is 3. The molecule has 0 rings (SSSR count). The van der Waals surface area contributed by atoms with Crippen LogP contribution < -0.4 is 10.6 Å². The lowest BCUT2D eigenvalue weighted by atomic mass is 10.2. The molecule has 0 heterocycles. The van der Waals surface area contributed by atoms with Crippen LogP contribution in [0, 0.1) is 0 Å². The number of aliphatic carboxylic acids is 1.